The second-order valence-electron chi connectivity index (χ2n) is 7.63. The quantitative estimate of drug-likeness (QED) is 0.669. The van der Waals surface area contributed by atoms with E-state index in [-0.39, 0.29) is 11.5 Å². The fourth-order valence-electron chi connectivity index (χ4n) is 4.03. The molecular formula is C23H20N6O2S. The number of amides is 1. The minimum absolute atomic E-state index is 0.130. The van der Waals surface area contributed by atoms with Gasteiger partial charge in [-0.05, 0) is 25.0 Å². The molecule has 0 unspecified atom stereocenters. The highest BCUT2D eigenvalue weighted by Crippen LogP contribution is 2.26. The Morgan fingerprint density at radius 2 is 1.97 bits per heavy atom. The first-order valence-electron chi connectivity index (χ1n) is 10.4. The summed E-state index contributed by atoms with van der Waals surface area (Å²) in [5.41, 5.74) is 2.77. The number of piperazine rings is 1. The topological polar surface area (TPSA) is 105 Å². The van der Waals surface area contributed by atoms with Gasteiger partial charge in [-0.3, -0.25) is 14.6 Å². The van der Waals surface area contributed by atoms with Crippen LogP contribution in [0.15, 0.2) is 45.5 Å². The van der Waals surface area contributed by atoms with Crippen molar-refractivity contribution in [2.75, 3.05) is 31.1 Å². The zero-order valence-corrected chi connectivity index (χ0v) is 18.1. The van der Waals surface area contributed by atoms with E-state index in [0.29, 0.717) is 59.0 Å². The monoisotopic (exact) mass is 444 g/mol. The van der Waals surface area contributed by atoms with Gasteiger partial charge in [0.05, 0.1) is 16.8 Å². The van der Waals surface area contributed by atoms with Crippen LogP contribution in [0, 0.1) is 11.3 Å². The van der Waals surface area contributed by atoms with Crippen LogP contribution >= 0.6 is 11.3 Å². The van der Waals surface area contributed by atoms with Gasteiger partial charge < -0.3 is 14.8 Å². The van der Waals surface area contributed by atoms with Crippen molar-refractivity contribution in [3.8, 4) is 6.07 Å². The number of allylic oxidation sites excluding steroid dienone is 1. The smallest absolute Gasteiger partial charge is 0.269 e. The molecular weight excluding hydrogens is 424 g/mol. The number of H-pyrrole nitrogens is 1. The van der Waals surface area contributed by atoms with Crippen LogP contribution in [-0.2, 0) is 0 Å². The number of fused-ring (bicyclic) bond motifs is 1. The van der Waals surface area contributed by atoms with Crippen LogP contribution in [0.3, 0.4) is 0 Å². The van der Waals surface area contributed by atoms with Crippen LogP contribution in [0.2, 0.25) is 0 Å². The highest BCUT2D eigenvalue weighted by atomic mass is 32.1. The zero-order chi connectivity index (χ0) is 22.1. The lowest BCUT2D eigenvalue weighted by Crippen LogP contribution is -2.49. The van der Waals surface area contributed by atoms with Crippen LogP contribution in [0.1, 0.15) is 34.6 Å². The molecule has 2 aliphatic heterocycles. The summed E-state index contributed by atoms with van der Waals surface area (Å²) in [5.74, 6) is 0.262. The number of benzene rings is 1. The SMILES string of the molecule is N#Cc1ccccc1N1CCN(C(=O)c2csc3c(=O)[nH]c(C4=CCCC=N4)nc23)CC1. The lowest BCUT2D eigenvalue weighted by molar-refractivity contribution is 0.0749. The van der Waals surface area contributed by atoms with E-state index in [4.69, 9.17) is 0 Å². The van der Waals surface area contributed by atoms with Crippen molar-refractivity contribution in [2.24, 2.45) is 4.99 Å². The number of aliphatic imine (C=N–C) groups is 1. The third-order valence-corrected chi connectivity index (χ3v) is 6.66. The first-order chi connectivity index (χ1) is 15.7. The Labute approximate surface area is 188 Å². The van der Waals surface area contributed by atoms with Crippen LogP contribution in [0.25, 0.3) is 15.9 Å². The molecule has 0 radical (unpaired) electrons. The number of para-hydroxylation sites is 1. The number of carbonyl (C=O) groups is 1. The molecule has 1 aromatic carbocycles. The molecule has 1 fully saturated rings. The molecule has 160 valence electrons. The van der Waals surface area contributed by atoms with E-state index in [0.717, 1.165) is 18.5 Å². The van der Waals surface area contributed by atoms with Crippen molar-refractivity contribution in [1.82, 2.24) is 14.9 Å². The summed E-state index contributed by atoms with van der Waals surface area (Å²) >= 11 is 1.23. The van der Waals surface area contributed by atoms with Gasteiger partial charge in [-0.15, -0.1) is 11.3 Å². The molecule has 0 saturated carbocycles. The number of hydrogen-bond donors (Lipinski definition) is 1. The molecule has 3 aromatic rings. The van der Waals surface area contributed by atoms with Crippen molar-refractivity contribution in [2.45, 2.75) is 12.8 Å². The number of carbonyl (C=O) groups excluding carboxylic acids is 1. The van der Waals surface area contributed by atoms with Crippen LogP contribution < -0.4 is 10.5 Å². The van der Waals surface area contributed by atoms with E-state index in [1.165, 1.54) is 11.3 Å². The van der Waals surface area contributed by atoms with E-state index >= 15 is 0 Å². The zero-order valence-electron chi connectivity index (χ0n) is 17.2. The maximum absolute atomic E-state index is 13.3. The molecule has 1 saturated heterocycles. The van der Waals surface area contributed by atoms with Crippen molar-refractivity contribution < 1.29 is 4.79 Å². The first kappa shape index (κ1) is 20.2. The Bertz CT molecular complexity index is 1350. The summed E-state index contributed by atoms with van der Waals surface area (Å²) in [5, 5.41) is 11.1. The third kappa shape index (κ3) is 3.59. The van der Waals surface area contributed by atoms with Gasteiger partial charge in [0.25, 0.3) is 11.5 Å². The lowest BCUT2D eigenvalue weighted by atomic mass is 10.1. The molecule has 0 spiro atoms. The van der Waals surface area contributed by atoms with E-state index in [9.17, 15) is 14.9 Å². The number of nitrogens with one attached hydrogen (secondary N) is 1. The van der Waals surface area contributed by atoms with Gasteiger partial charge in [-0.2, -0.15) is 5.26 Å². The summed E-state index contributed by atoms with van der Waals surface area (Å²) in [7, 11) is 0. The largest absolute Gasteiger partial charge is 0.367 e. The van der Waals surface area contributed by atoms with Gasteiger partial charge in [0.1, 0.15) is 22.0 Å². The normalized spacial score (nSPS) is 16.2. The van der Waals surface area contributed by atoms with Crippen LogP contribution in [-0.4, -0.2) is 53.2 Å². The van der Waals surface area contributed by atoms with E-state index in [1.807, 2.05) is 30.5 Å². The van der Waals surface area contributed by atoms with Crippen molar-refractivity contribution in [3.63, 3.8) is 0 Å². The lowest BCUT2D eigenvalue weighted by Gasteiger charge is -2.36. The van der Waals surface area contributed by atoms with Gasteiger partial charge in [-0.1, -0.05) is 18.2 Å². The molecule has 2 aromatic heterocycles. The van der Waals surface area contributed by atoms with E-state index in [2.05, 4.69) is 25.9 Å². The fraction of sp³-hybridized carbons (Fsp3) is 0.261. The molecule has 9 heteroatoms. The molecule has 2 aliphatic rings. The Balaban J connectivity index is 1.39. The van der Waals surface area contributed by atoms with Gasteiger partial charge in [0, 0.05) is 37.8 Å². The molecule has 0 aliphatic carbocycles. The minimum Gasteiger partial charge on any atom is -0.367 e. The van der Waals surface area contributed by atoms with Crippen LogP contribution in [0.4, 0.5) is 5.69 Å². The number of anilines is 1. The maximum Gasteiger partial charge on any atom is 0.269 e. The van der Waals surface area contributed by atoms with Gasteiger partial charge in [-0.25, -0.2) is 4.98 Å². The molecule has 1 N–H and O–H groups in total. The number of nitrogens with zero attached hydrogens (tertiary/aromatic N) is 5. The third-order valence-electron chi connectivity index (χ3n) is 5.70. The maximum atomic E-state index is 13.3. The first-order valence-corrected chi connectivity index (χ1v) is 11.3. The number of hydrogen-bond acceptors (Lipinski definition) is 7. The predicted molar refractivity (Wildman–Crippen MR) is 125 cm³/mol. The number of aromatic nitrogens is 2. The number of rotatable bonds is 3. The molecule has 8 nitrogen and oxygen atoms in total. The Hall–Kier alpha value is -3.77. The van der Waals surface area contributed by atoms with Crippen molar-refractivity contribution in [3.05, 3.63) is 63.0 Å². The average Bonchev–Trinajstić information content (AvgIpc) is 3.29. The summed E-state index contributed by atoms with van der Waals surface area (Å²) in [6.07, 6.45) is 5.46. The van der Waals surface area contributed by atoms with Gasteiger partial charge >= 0.3 is 0 Å². The molecule has 5 rings (SSSR count). The summed E-state index contributed by atoms with van der Waals surface area (Å²) < 4.78 is 0.444. The second-order valence-corrected chi connectivity index (χ2v) is 8.51. The van der Waals surface area contributed by atoms with Crippen molar-refractivity contribution in [1.29, 1.82) is 5.26 Å². The molecule has 0 bridgehead atoms. The van der Waals surface area contributed by atoms with E-state index in [1.54, 1.807) is 16.3 Å². The molecule has 1 amide bonds. The van der Waals surface area contributed by atoms with Gasteiger partial charge in [0.15, 0.2) is 5.82 Å². The summed E-state index contributed by atoms with van der Waals surface area (Å²) in [4.78, 5) is 41.5. The summed E-state index contributed by atoms with van der Waals surface area (Å²) in [6, 6.07) is 9.73. The highest BCUT2D eigenvalue weighted by molar-refractivity contribution is 7.17. The number of thiophene rings is 1. The minimum atomic E-state index is -0.256. The van der Waals surface area contributed by atoms with Crippen LogP contribution in [0.5, 0.6) is 0 Å². The summed E-state index contributed by atoms with van der Waals surface area (Å²) in [6.45, 7) is 2.32. The van der Waals surface area contributed by atoms with Gasteiger partial charge in [0.2, 0.25) is 0 Å². The standard InChI is InChI=1S/C23H20N6O2S/c24-13-15-5-1-2-7-18(15)28-9-11-29(12-10-28)23(31)16-14-32-20-19(16)26-21(27-22(20)30)17-6-3-4-8-25-17/h1-2,5-8,14H,3-4,9-12H2,(H,26,27,30). The van der Waals surface area contributed by atoms with Crippen molar-refractivity contribution >= 4 is 45.1 Å². The Morgan fingerprint density at radius 3 is 2.72 bits per heavy atom. The number of aromatic amines is 1. The molecule has 4 heterocycles. The Morgan fingerprint density at radius 1 is 1.16 bits per heavy atom. The predicted octanol–water partition coefficient (Wildman–Crippen LogP) is 3.02. The number of nitriles is 1. The molecule has 0 atom stereocenters. The highest BCUT2D eigenvalue weighted by Gasteiger charge is 2.26. The average molecular weight is 445 g/mol. The van der Waals surface area contributed by atoms with E-state index < -0.39 is 0 Å². The molecule has 32 heavy (non-hydrogen) atoms. The second kappa shape index (κ2) is 8.40. The fourth-order valence-corrected chi connectivity index (χ4v) is 4.91. The Kier molecular flexibility index (Phi) is 5.29.